The van der Waals surface area contributed by atoms with Crippen molar-refractivity contribution in [3.8, 4) is 0 Å². The second kappa shape index (κ2) is 46.1. The molecule has 9 N–H and O–H groups in total. The molecule has 2 unspecified atom stereocenters. The molecular weight excluding hydrogens is 1530 g/mol. The van der Waals surface area contributed by atoms with Crippen LogP contribution in [-0.2, 0) is 124 Å². The smallest absolute Gasteiger partial charge is 0.458 e. The van der Waals surface area contributed by atoms with E-state index in [0.29, 0.717) is 11.1 Å². The van der Waals surface area contributed by atoms with Crippen molar-refractivity contribution in [1.29, 1.82) is 0 Å². The molecule has 116 heavy (non-hydrogen) atoms. The molecule has 2 heterocycles. The summed E-state index contributed by atoms with van der Waals surface area (Å²) in [5.74, 6) is -17.8. The first kappa shape index (κ1) is 98.4. The van der Waals surface area contributed by atoms with Crippen molar-refractivity contribution < 1.29 is 114 Å². The number of phosphoric ester groups is 1. The Hall–Kier alpha value is -9.93. The fraction of sp³-hybridized carbons (Fsp3) is 0.600. The summed E-state index contributed by atoms with van der Waals surface area (Å²) in [4.78, 5) is 237. The molecule has 0 radical (unpaired) electrons. The van der Waals surface area contributed by atoms with Crippen LogP contribution in [0.3, 0.4) is 0 Å². The van der Waals surface area contributed by atoms with Crippen LogP contribution in [0.4, 0.5) is 4.79 Å². The summed E-state index contributed by atoms with van der Waals surface area (Å²) in [5.41, 5.74) is 6.00. The maximum Gasteiger partial charge on any atom is 0.472 e. The number of carbonyl (C=O) groups is 16. The third-order valence-corrected chi connectivity index (χ3v) is 21.3. The molecule has 35 nitrogen and oxygen atoms in total. The van der Waals surface area contributed by atoms with E-state index in [1.807, 2.05) is 0 Å². The summed E-state index contributed by atoms with van der Waals surface area (Å²) in [7, 11) is -0.479. The van der Waals surface area contributed by atoms with Crippen LogP contribution >= 0.6 is 7.82 Å². The van der Waals surface area contributed by atoms with Crippen molar-refractivity contribution in [2.24, 2.45) is 47.2 Å². The van der Waals surface area contributed by atoms with Gasteiger partial charge in [-0.25, -0.2) is 18.9 Å². The van der Waals surface area contributed by atoms with Crippen LogP contribution in [0, 0.1) is 41.4 Å². The van der Waals surface area contributed by atoms with Crippen LogP contribution in [0.5, 0.6) is 0 Å². The zero-order chi connectivity index (χ0) is 87.5. The first-order valence-electron chi connectivity index (χ1n) is 38.7. The molecule has 4 rings (SSSR count). The van der Waals surface area contributed by atoms with Gasteiger partial charge in [0.05, 0.1) is 38.5 Å². The van der Waals surface area contributed by atoms with Crippen LogP contribution in [0.25, 0.3) is 0 Å². The van der Waals surface area contributed by atoms with Crippen LogP contribution in [0.15, 0.2) is 79.0 Å². The number of phosphoric acid groups is 1. The number of ether oxygens (including phenoxy) is 4. The number of hydrogen-bond donors (Lipinski definition) is 8. The Kier molecular flexibility index (Phi) is 39.1. The van der Waals surface area contributed by atoms with Crippen molar-refractivity contribution in [2.75, 3.05) is 54.6 Å². The summed E-state index contributed by atoms with van der Waals surface area (Å²) in [6, 6.07) is 2.17. The average Bonchev–Trinajstić information content (AvgIpc) is 0.948. The summed E-state index contributed by atoms with van der Waals surface area (Å²) in [5, 5.41) is 15.5. The minimum absolute atomic E-state index is 0.0101. The van der Waals surface area contributed by atoms with Gasteiger partial charge in [-0.3, -0.25) is 76.3 Å². The van der Waals surface area contributed by atoms with E-state index in [2.05, 4.69) is 38.5 Å². The monoisotopic (exact) mass is 1650 g/mol. The number of amides is 12. The first-order valence-corrected chi connectivity index (χ1v) is 40.2. The number of benzene rings is 2. The molecule has 15 atom stereocenters. The van der Waals surface area contributed by atoms with Gasteiger partial charge in [0.2, 0.25) is 35.4 Å². The number of methoxy groups -OCH3 is 1. The molecule has 0 saturated carbocycles. The number of rotatable bonds is 37. The summed E-state index contributed by atoms with van der Waals surface area (Å²) in [6.45, 7) is 24.1. The number of carbonyl (C=O) groups excluding carboxylic acids is 16. The molecule has 0 spiro atoms. The van der Waals surface area contributed by atoms with Crippen molar-refractivity contribution in [2.45, 2.75) is 215 Å². The molecule has 36 heteroatoms. The van der Waals surface area contributed by atoms with Gasteiger partial charge in [-0.05, 0) is 79.4 Å². The van der Waals surface area contributed by atoms with E-state index in [9.17, 15) is 71.8 Å². The Balaban J connectivity index is 1.70. The standard InChI is InChI=1S/C80H118N11O24P/c1-20-62(96)85-68(71(46(8)9)115-116(108,109)112-42-55-28-26-54(27-29-55)38-59(94)65(47(10)32-34-82-80(81)107)86-74(101)58(44(4)5)40-56(93)33-36-111-37-35-91-63(97)30-31-64(91)98)79(106)114-70(45(6)7)67-77(104)90(18)69(51(14)110-19)60(95)41-57(43(2)3)66(84-52(15)92)78(105)113-61(39-53-24-22-21-23-25-53)76(103)89(17)49(12)72(99)83-48(11)75(102)88(16)50(13)73(100)87-67/h21-31,43-48,50-51,57-58,61,65-71H,12,20,32-42H2,1-11,13-19H3,(H,83,99)(H,84,92)(H,85,96)(H,86,101)(H,87,100)(H,108,109)(H3,81,82,107)/t47?,48-,50-,51+,57+,58-,61+,65-,66-,67-,68-,69-,70+,71+/m0/s1. The van der Waals surface area contributed by atoms with Crippen LogP contribution in [-0.4, -0.2) is 240 Å². The largest absolute Gasteiger partial charge is 0.472 e. The number of primary amides is 1. The number of ketones is 3. The van der Waals surface area contributed by atoms with E-state index >= 15 is 14.4 Å². The molecule has 2 aromatic rings. The Morgan fingerprint density at radius 2 is 1.37 bits per heavy atom. The SMILES string of the molecule is C=C1C(=O)N[C@@H](C)C(=O)N(C)[C@@H](C)C(=O)N[C@@H]([C@H](OC(=O)[C@@H](NC(=O)CC)[C@H](OP(=O)(O)OCc2ccc(CC(=O)[C@@H](NC(=O)[C@@H](CC(=O)CCOCCN3C(=O)C=CC3=O)C(C)C)C(C)CCNC(N)=O)cc2)C(C)C)C(C)C)C(=O)N(C)[C@@H]([C@@H](C)OC)C(=O)C[C@H](C(C)C)[C@H](NC(C)=O)C(=O)O[C@H](Cc2ccccc2)C(=O)N1C. The predicted octanol–water partition coefficient (Wildman–Crippen LogP) is 3.24. The Morgan fingerprint density at radius 3 is 1.92 bits per heavy atom. The van der Waals surface area contributed by atoms with E-state index in [1.165, 1.54) is 108 Å². The highest BCUT2D eigenvalue weighted by molar-refractivity contribution is 7.47. The number of hydrogen-bond acceptors (Lipinski definition) is 23. The fourth-order valence-electron chi connectivity index (χ4n) is 13.0. The van der Waals surface area contributed by atoms with Gasteiger partial charge in [0, 0.05) is 98.3 Å². The number of nitrogens with one attached hydrogen (secondary N) is 6. The maximum absolute atomic E-state index is 15.7. The van der Waals surface area contributed by atoms with Gasteiger partial charge in [-0.1, -0.05) is 130 Å². The number of nitrogens with two attached hydrogens (primary N) is 1. The molecule has 1 saturated heterocycles. The van der Waals surface area contributed by atoms with Gasteiger partial charge < -0.3 is 76.2 Å². The second-order valence-electron chi connectivity index (χ2n) is 30.6. The minimum Gasteiger partial charge on any atom is -0.458 e. The lowest BCUT2D eigenvalue weighted by atomic mass is 9.82. The fourth-order valence-corrected chi connectivity index (χ4v) is 14.1. The molecule has 2 aliphatic heterocycles. The summed E-state index contributed by atoms with van der Waals surface area (Å²) in [6.07, 6.45) is -5.63. The van der Waals surface area contributed by atoms with Crippen LogP contribution in [0.2, 0.25) is 0 Å². The molecule has 0 aliphatic carbocycles. The highest BCUT2D eigenvalue weighted by atomic mass is 31.2. The Bertz CT molecular complexity index is 3910. The van der Waals surface area contributed by atoms with Gasteiger partial charge in [0.15, 0.2) is 23.7 Å². The van der Waals surface area contributed by atoms with E-state index < -0.39 is 217 Å². The lowest BCUT2D eigenvalue weighted by molar-refractivity contribution is -0.166. The predicted molar refractivity (Wildman–Crippen MR) is 421 cm³/mol. The number of nitrogens with zero attached hydrogens (tertiary/aromatic N) is 4. The van der Waals surface area contributed by atoms with Crippen molar-refractivity contribution >= 4 is 102 Å². The highest BCUT2D eigenvalue weighted by Gasteiger charge is 2.48. The average molecular weight is 1650 g/mol. The molecule has 12 amide bonds. The van der Waals surface area contributed by atoms with Gasteiger partial charge in [-0.2, -0.15) is 0 Å². The zero-order valence-electron chi connectivity index (χ0n) is 69.6. The van der Waals surface area contributed by atoms with Gasteiger partial charge in [0.25, 0.3) is 23.6 Å². The van der Waals surface area contributed by atoms with Crippen LogP contribution in [0.1, 0.15) is 146 Å². The van der Waals surface area contributed by atoms with Crippen molar-refractivity contribution in [3.05, 3.63) is 95.7 Å². The van der Waals surface area contributed by atoms with Gasteiger partial charge in [-0.15, -0.1) is 0 Å². The molecule has 1 fully saturated rings. The minimum atomic E-state index is -5.32. The third kappa shape index (κ3) is 29.4. The lowest BCUT2D eigenvalue weighted by Crippen LogP contribution is -2.63. The van der Waals surface area contributed by atoms with Crippen LogP contribution < -0.4 is 37.6 Å². The molecule has 2 aromatic carbocycles. The third-order valence-electron chi connectivity index (χ3n) is 20.4. The zero-order valence-corrected chi connectivity index (χ0v) is 70.5. The molecule has 0 aromatic heterocycles. The number of Topliss-reactive ketones (excluding diaryl/α,β-unsaturated/α-hetero) is 3. The number of urea groups is 1. The molecular formula is C80H118N11O24P. The Morgan fingerprint density at radius 1 is 0.759 bits per heavy atom. The lowest BCUT2D eigenvalue weighted by Gasteiger charge is -2.39. The second-order valence-corrected chi connectivity index (χ2v) is 32.0. The first-order chi connectivity index (χ1) is 54.3. The Labute approximate surface area is 677 Å². The van der Waals surface area contributed by atoms with Crippen molar-refractivity contribution in [1.82, 2.24) is 51.5 Å². The van der Waals surface area contributed by atoms with Crippen molar-refractivity contribution in [3.63, 3.8) is 0 Å². The highest BCUT2D eigenvalue weighted by Crippen LogP contribution is 2.47. The maximum atomic E-state index is 15.7. The number of esters is 2. The van der Waals surface area contributed by atoms with E-state index in [4.69, 9.17) is 33.7 Å². The topological polar surface area (TPSA) is 477 Å². The van der Waals surface area contributed by atoms with E-state index in [-0.39, 0.29) is 82.1 Å². The molecule has 0 bridgehead atoms. The summed E-state index contributed by atoms with van der Waals surface area (Å²) >= 11 is 0. The molecule has 642 valence electrons. The number of cyclic esters (lactones) is 1. The van der Waals surface area contributed by atoms with Gasteiger partial charge in [0.1, 0.15) is 53.9 Å². The normalized spacial score (nSPS) is 21.7. The molecule has 2 aliphatic rings. The summed E-state index contributed by atoms with van der Waals surface area (Å²) < 4.78 is 49.0. The van der Waals surface area contributed by atoms with E-state index in [1.54, 1.807) is 65.0 Å². The van der Waals surface area contributed by atoms with Gasteiger partial charge >= 0.3 is 25.8 Å². The number of imide groups is 1. The quantitative estimate of drug-likeness (QED) is 0.0158. The number of likely N-dealkylation sites (N-methyl/N-ethyl adjacent to an activating group) is 3. The van der Waals surface area contributed by atoms with E-state index in [0.717, 1.165) is 38.7 Å².